The van der Waals surface area contributed by atoms with Gasteiger partial charge >= 0.3 is 0 Å². The van der Waals surface area contributed by atoms with E-state index < -0.39 is 0 Å². The molecule has 0 amide bonds. The van der Waals surface area contributed by atoms with Crippen molar-refractivity contribution >= 4 is 34.6 Å². The van der Waals surface area contributed by atoms with Crippen LogP contribution in [-0.2, 0) is 0 Å². The fourth-order valence-corrected chi connectivity index (χ4v) is 1.91. The van der Waals surface area contributed by atoms with Crippen LogP contribution in [0.2, 0.25) is 0 Å². The molecule has 1 unspecified atom stereocenters. The van der Waals surface area contributed by atoms with Crippen molar-refractivity contribution in [1.29, 1.82) is 0 Å². The van der Waals surface area contributed by atoms with Gasteiger partial charge in [-0.1, -0.05) is 0 Å². The fraction of sp³-hybridized carbons (Fsp3) is 0.625. The van der Waals surface area contributed by atoms with Gasteiger partial charge in [0.1, 0.15) is 6.67 Å². The molecule has 1 saturated heterocycles. The predicted molar refractivity (Wildman–Crippen MR) is 63.9 cm³/mol. The first-order valence-electron chi connectivity index (χ1n) is 4.45. The van der Waals surface area contributed by atoms with Gasteiger partial charge in [-0.25, -0.2) is 5.43 Å². The second kappa shape index (κ2) is 5.70. The molecule has 0 radical (unpaired) electrons. The molecule has 0 bridgehead atoms. The van der Waals surface area contributed by atoms with Gasteiger partial charge in [-0.05, 0) is 28.9 Å². The molecule has 2 heterocycles. The van der Waals surface area contributed by atoms with Crippen molar-refractivity contribution in [2.75, 3.05) is 19.8 Å². The molecule has 0 saturated carbocycles. The highest BCUT2D eigenvalue weighted by Crippen LogP contribution is 2.08. The van der Waals surface area contributed by atoms with Gasteiger partial charge in [0.25, 0.3) is 0 Å². The van der Waals surface area contributed by atoms with E-state index in [-0.39, 0.29) is 12.4 Å². The molecule has 2 N–H and O–H groups in total. The van der Waals surface area contributed by atoms with Gasteiger partial charge in [-0.3, -0.25) is 10.0 Å². The molecule has 6 heteroatoms. The van der Waals surface area contributed by atoms with E-state index in [0.29, 0.717) is 12.7 Å². The molecule has 0 aromatic heterocycles. The maximum atomic E-state index is 4.18. The standard InChI is InChI=1S/C8H13BrN4.ClH/c9-7-3-11-6-13(5-7)12-8-1-2-10-4-8;/h3,5,8,10,12H,1-2,4,6H2;1H. The van der Waals surface area contributed by atoms with Crippen molar-refractivity contribution in [3.05, 3.63) is 10.7 Å². The Morgan fingerprint density at radius 1 is 1.64 bits per heavy atom. The molecular weight excluding hydrogens is 267 g/mol. The summed E-state index contributed by atoms with van der Waals surface area (Å²) in [5.74, 6) is 0. The number of rotatable bonds is 2. The summed E-state index contributed by atoms with van der Waals surface area (Å²) >= 11 is 3.39. The molecular formula is C8H14BrClN4. The van der Waals surface area contributed by atoms with Gasteiger partial charge in [-0.2, -0.15) is 0 Å². The zero-order valence-electron chi connectivity index (χ0n) is 7.74. The number of hydrogen-bond acceptors (Lipinski definition) is 4. The minimum Gasteiger partial charge on any atom is -0.315 e. The molecule has 14 heavy (non-hydrogen) atoms. The van der Waals surface area contributed by atoms with Crippen molar-refractivity contribution in [1.82, 2.24) is 15.8 Å². The third kappa shape index (κ3) is 3.24. The molecule has 0 spiro atoms. The Balaban J connectivity index is 0.000000980. The summed E-state index contributed by atoms with van der Waals surface area (Å²) in [6, 6.07) is 0.546. The fourth-order valence-electron chi connectivity index (χ4n) is 1.52. The molecule has 0 aromatic rings. The summed E-state index contributed by atoms with van der Waals surface area (Å²) < 4.78 is 1.01. The van der Waals surface area contributed by atoms with E-state index in [1.165, 1.54) is 6.42 Å². The lowest BCUT2D eigenvalue weighted by molar-refractivity contribution is 0.239. The zero-order chi connectivity index (χ0) is 9.10. The molecule has 2 rings (SSSR count). The Hall–Kier alpha value is -0.100. The van der Waals surface area contributed by atoms with E-state index >= 15 is 0 Å². The molecule has 1 fully saturated rings. The van der Waals surface area contributed by atoms with Crippen LogP contribution in [0, 0.1) is 0 Å². The molecule has 80 valence electrons. The van der Waals surface area contributed by atoms with Crippen LogP contribution in [0.25, 0.3) is 0 Å². The monoisotopic (exact) mass is 280 g/mol. The number of hydrogen-bond donors (Lipinski definition) is 2. The van der Waals surface area contributed by atoms with Gasteiger partial charge < -0.3 is 5.32 Å². The Morgan fingerprint density at radius 3 is 3.14 bits per heavy atom. The SMILES string of the molecule is BrC1=CN(NC2CCNC2)CN=C1.Cl. The smallest absolute Gasteiger partial charge is 0.124 e. The van der Waals surface area contributed by atoms with E-state index in [4.69, 9.17) is 0 Å². The van der Waals surface area contributed by atoms with Crippen LogP contribution in [-0.4, -0.2) is 37.0 Å². The second-order valence-electron chi connectivity index (χ2n) is 3.26. The summed E-state index contributed by atoms with van der Waals surface area (Å²) in [5.41, 5.74) is 3.40. The Labute approximate surface area is 98.3 Å². The van der Waals surface area contributed by atoms with E-state index in [9.17, 15) is 0 Å². The number of halogens is 2. The average molecular weight is 282 g/mol. The molecule has 1 atom stereocenters. The second-order valence-corrected chi connectivity index (χ2v) is 4.17. The molecule has 4 nitrogen and oxygen atoms in total. The lowest BCUT2D eigenvalue weighted by Gasteiger charge is -2.25. The Kier molecular flexibility index (Phi) is 4.88. The Morgan fingerprint density at radius 2 is 2.50 bits per heavy atom. The number of nitrogens with one attached hydrogen (secondary N) is 2. The van der Waals surface area contributed by atoms with Gasteiger partial charge in [-0.15, -0.1) is 12.4 Å². The lowest BCUT2D eigenvalue weighted by atomic mass is 10.3. The number of hydrazine groups is 1. The first kappa shape index (κ1) is 12.0. The van der Waals surface area contributed by atoms with Crippen molar-refractivity contribution in [3.8, 4) is 0 Å². The third-order valence-corrected chi connectivity index (χ3v) is 2.55. The van der Waals surface area contributed by atoms with Crippen molar-refractivity contribution in [2.24, 2.45) is 4.99 Å². The summed E-state index contributed by atoms with van der Waals surface area (Å²) in [6.45, 7) is 2.86. The minimum absolute atomic E-state index is 0. The number of allylic oxidation sites excluding steroid dienone is 1. The predicted octanol–water partition coefficient (Wildman–Crippen LogP) is 0.855. The van der Waals surface area contributed by atoms with Gasteiger partial charge in [0.05, 0.1) is 4.48 Å². The summed E-state index contributed by atoms with van der Waals surface area (Å²) in [5, 5.41) is 5.33. The minimum atomic E-state index is 0. The number of nitrogens with zero attached hydrogens (tertiary/aromatic N) is 2. The normalized spacial score (nSPS) is 25.9. The highest BCUT2D eigenvalue weighted by molar-refractivity contribution is 9.12. The van der Waals surface area contributed by atoms with E-state index in [0.717, 1.165) is 17.6 Å². The van der Waals surface area contributed by atoms with Crippen molar-refractivity contribution in [2.45, 2.75) is 12.5 Å². The van der Waals surface area contributed by atoms with Crippen LogP contribution in [0.5, 0.6) is 0 Å². The van der Waals surface area contributed by atoms with Crippen LogP contribution in [0.1, 0.15) is 6.42 Å². The van der Waals surface area contributed by atoms with E-state index in [2.05, 4.69) is 31.7 Å². The largest absolute Gasteiger partial charge is 0.315 e. The Bertz CT molecular complexity index is 237. The molecule has 0 aromatic carbocycles. The highest BCUT2D eigenvalue weighted by Gasteiger charge is 2.16. The molecule has 0 aliphatic carbocycles. The van der Waals surface area contributed by atoms with Crippen LogP contribution < -0.4 is 10.7 Å². The number of aliphatic imine (C=N–C) groups is 1. The van der Waals surface area contributed by atoms with Crippen LogP contribution >= 0.6 is 28.3 Å². The molecule has 2 aliphatic heterocycles. The first-order valence-corrected chi connectivity index (χ1v) is 5.24. The first-order chi connectivity index (χ1) is 6.34. The van der Waals surface area contributed by atoms with E-state index in [1.807, 2.05) is 17.4 Å². The summed E-state index contributed by atoms with van der Waals surface area (Å²) in [6.07, 6.45) is 5.03. The van der Waals surface area contributed by atoms with Gasteiger partial charge in [0.15, 0.2) is 0 Å². The quantitative estimate of drug-likeness (QED) is 0.788. The van der Waals surface area contributed by atoms with Crippen LogP contribution in [0.4, 0.5) is 0 Å². The lowest BCUT2D eigenvalue weighted by Crippen LogP contribution is -2.43. The summed E-state index contributed by atoms with van der Waals surface area (Å²) in [7, 11) is 0. The third-order valence-electron chi connectivity index (χ3n) is 2.14. The maximum absolute atomic E-state index is 4.18. The molecule has 2 aliphatic rings. The average Bonchev–Trinajstić information content (AvgIpc) is 2.57. The maximum Gasteiger partial charge on any atom is 0.124 e. The van der Waals surface area contributed by atoms with Crippen molar-refractivity contribution in [3.63, 3.8) is 0 Å². The van der Waals surface area contributed by atoms with Crippen LogP contribution in [0.15, 0.2) is 15.7 Å². The topological polar surface area (TPSA) is 39.7 Å². The van der Waals surface area contributed by atoms with Gasteiger partial charge in [0.2, 0.25) is 0 Å². The van der Waals surface area contributed by atoms with E-state index in [1.54, 1.807) is 0 Å². The highest BCUT2D eigenvalue weighted by atomic mass is 79.9. The van der Waals surface area contributed by atoms with Crippen LogP contribution in [0.3, 0.4) is 0 Å². The van der Waals surface area contributed by atoms with Gasteiger partial charge in [0, 0.05) is 25.0 Å². The summed E-state index contributed by atoms with van der Waals surface area (Å²) in [4.78, 5) is 4.18. The zero-order valence-corrected chi connectivity index (χ0v) is 10.1. The van der Waals surface area contributed by atoms with Crippen molar-refractivity contribution < 1.29 is 0 Å².